The molecule has 0 aliphatic carbocycles. The first-order valence-corrected chi connectivity index (χ1v) is 5.11. The molecule has 0 amide bonds. The van der Waals surface area contributed by atoms with E-state index in [-0.39, 0.29) is 10.8 Å². The van der Waals surface area contributed by atoms with Crippen LogP contribution in [-0.2, 0) is 0 Å². The molecule has 0 fully saturated rings. The van der Waals surface area contributed by atoms with E-state index in [0.29, 0.717) is 10.5 Å². The van der Waals surface area contributed by atoms with E-state index >= 15 is 0 Å². The molecule has 5 heteroatoms. The zero-order valence-corrected chi connectivity index (χ0v) is 8.85. The smallest absolute Gasteiger partial charge is 0.274 e. The van der Waals surface area contributed by atoms with Crippen LogP contribution in [0.5, 0.6) is 0 Å². The number of thiazole rings is 1. The van der Waals surface area contributed by atoms with Gasteiger partial charge in [-0.25, -0.2) is 4.57 Å². The molecule has 2 aromatic rings. The molecule has 0 saturated carbocycles. The average molecular weight is 228 g/mol. The van der Waals surface area contributed by atoms with E-state index in [2.05, 4.69) is 0 Å². The number of hydrogen-bond acceptors (Lipinski definition) is 3. The number of hydrogen-bond donors (Lipinski definition) is 0. The van der Waals surface area contributed by atoms with Crippen molar-refractivity contribution < 1.29 is 4.79 Å². The molecular weight excluding hydrogens is 222 g/mol. The third-order valence-electron chi connectivity index (χ3n) is 1.87. The van der Waals surface area contributed by atoms with Crippen molar-refractivity contribution in [3.63, 3.8) is 0 Å². The lowest BCUT2D eigenvalue weighted by molar-refractivity contribution is 0.0939. The Kier molecular flexibility index (Phi) is 2.17. The number of para-hydroxylation sites is 1. The highest BCUT2D eigenvalue weighted by Gasteiger charge is 2.12. The first kappa shape index (κ1) is 9.43. The number of carbonyl (C=O) groups excluding carboxylic acids is 1. The summed E-state index contributed by atoms with van der Waals surface area (Å²) in [7, 11) is 0. The van der Waals surface area contributed by atoms with Crippen molar-refractivity contribution in [3.05, 3.63) is 32.9 Å². The normalized spacial score (nSPS) is 10.7. The molecule has 3 nitrogen and oxygen atoms in total. The molecular formula is C9H6ClNO2S. The van der Waals surface area contributed by atoms with E-state index in [4.69, 9.17) is 11.6 Å². The quantitative estimate of drug-likeness (QED) is 0.693. The molecule has 1 aromatic heterocycles. The Balaban J connectivity index is 3.01. The van der Waals surface area contributed by atoms with Crippen molar-refractivity contribution in [3.8, 4) is 0 Å². The fourth-order valence-corrected chi connectivity index (χ4v) is 2.57. The zero-order valence-electron chi connectivity index (χ0n) is 7.28. The zero-order chi connectivity index (χ0) is 10.3. The number of rotatable bonds is 0. The Morgan fingerprint density at radius 2 is 2.21 bits per heavy atom. The fraction of sp³-hybridized carbons (Fsp3) is 0.111. The lowest BCUT2D eigenvalue weighted by atomic mass is 10.3. The van der Waals surface area contributed by atoms with Crippen LogP contribution in [0.4, 0.5) is 0 Å². The minimum Gasteiger partial charge on any atom is -0.274 e. The van der Waals surface area contributed by atoms with Crippen LogP contribution >= 0.6 is 22.9 Å². The summed E-state index contributed by atoms with van der Waals surface area (Å²) in [6, 6.07) is 5.19. The minimum absolute atomic E-state index is 0.291. The molecule has 72 valence electrons. The van der Waals surface area contributed by atoms with Crippen LogP contribution in [-0.4, -0.2) is 10.5 Å². The Labute approximate surface area is 88.5 Å². The monoisotopic (exact) mass is 227 g/mol. The molecule has 0 aliphatic heterocycles. The van der Waals surface area contributed by atoms with Crippen LogP contribution < -0.4 is 4.87 Å². The molecule has 0 atom stereocenters. The minimum atomic E-state index is -0.311. The van der Waals surface area contributed by atoms with Gasteiger partial charge in [-0.1, -0.05) is 29.0 Å². The SMILES string of the molecule is CC(=O)n1c(=O)sc2cccc(Cl)c21. The third kappa shape index (κ3) is 1.27. The van der Waals surface area contributed by atoms with Gasteiger partial charge >= 0.3 is 4.87 Å². The highest BCUT2D eigenvalue weighted by Crippen LogP contribution is 2.24. The van der Waals surface area contributed by atoms with Gasteiger partial charge in [0.2, 0.25) is 5.91 Å². The molecule has 1 heterocycles. The van der Waals surface area contributed by atoms with E-state index in [1.54, 1.807) is 18.2 Å². The number of carbonyl (C=O) groups is 1. The Morgan fingerprint density at radius 1 is 1.50 bits per heavy atom. The van der Waals surface area contributed by atoms with Crippen LogP contribution in [0, 0.1) is 0 Å². The van der Waals surface area contributed by atoms with E-state index in [1.807, 2.05) is 0 Å². The Morgan fingerprint density at radius 3 is 2.86 bits per heavy atom. The topological polar surface area (TPSA) is 39.1 Å². The summed E-state index contributed by atoms with van der Waals surface area (Å²) in [5.41, 5.74) is 0.511. The molecule has 2 rings (SSSR count). The van der Waals surface area contributed by atoms with Crippen molar-refractivity contribution in [2.45, 2.75) is 6.92 Å². The summed E-state index contributed by atoms with van der Waals surface area (Å²) < 4.78 is 1.83. The summed E-state index contributed by atoms with van der Waals surface area (Å²) in [6.45, 7) is 1.34. The third-order valence-corrected chi connectivity index (χ3v) is 3.08. The summed E-state index contributed by atoms with van der Waals surface area (Å²) in [5, 5.41) is 0.427. The molecule has 0 unspecified atom stereocenters. The molecule has 14 heavy (non-hydrogen) atoms. The van der Waals surface area contributed by atoms with Gasteiger partial charge in [0, 0.05) is 6.92 Å². The number of aromatic nitrogens is 1. The Hall–Kier alpha value is -1.13. The summed E-state index contributed by atoms with van der Waals surface area (Å²) in [5.74, 6) is -0.311. The van der Waals surface area contributed by atoms with Crippen molar-refractivity contribution >= 4 is 39.1 Å². The highest BCUT2D eigenvalue weighted by molar-refractivity contribution is 7.16. The van der Waals surface area contributed by atoms with Crippen LogP contribution in [0.25, 0.3) is 10.2 Å². The van der Waals surface area contributed by atoms with E-state index in [9.17, 15) is 9.59 Å². The molecule has 0 N–H and O–H groups in total. The van der Waals surface area contributed by atoms with Crippen molar-refractivity contribution in [2.24, 2.45) is 0 Å². The van der Waals surface area contributed by atoms with Gasteiger partial charge in [-0.05, 0) is 12.1 Å². The molecule has 0 spiro atoms. The van der Waals surface area contributed by atoms with Gasteiger partial charge in [0.25, 0.3) is 0 Å². The lowest BCUT2D eigenvalue weighted by Gasteiger charge is -1.98. The Bertz CT molecular complexity index is 570. The summed E-state index contributed by atoms with van der Waals surface area (Å²) in [4.78, 5) is 22.3. The second kappa shape index (κ2) is 3.22. The first-order valence-electron chi connectivity index (χ1n) is 3.92. The van der Waals surface area contributed by atoms with Gasteiger partial charge in [0.05, 0.1) is 15.2 Å². The molecule has 0 bridgehead atoms. The number of benzene rings is 1. The second-order valence-corrected chi connectivity index (χ2v) is 4.21. The molecule has 1 aromatic carbocycles. The van der Waals surface area contributed by atoms with Crippen molar-refractivity contribution in [1.29, 1.82) is 0 Å². The predicted molar refractivity (Wildman–Crippen MR) is 57.4 cm³/mol. The molecule has 0 radical (unpaired) electrons. The maximum absolute atomic E-state index is 11.4. The van der Waals surface area contributed by atoms with Gasteiger partial charge in [-0.2, -0.15) is 0 Å². The van der Waals surface area contributed by atoms with E-state index in [1.165, 1.54) is 6.92 Å². The standard InChI is InChI=1S/C9H6ClNO2S/c1-5(12)11-8-6(10)3-2-4-7(8)14-9(11)13/h2-4H,1H3. The van der Waals surface area contributed by atoms with Crippen molar-refractivity contribution in [2.75, 3.05) is 0 Å². The first-order chi connectivity index (χ1) is 6.61. The predicted octanol–water partition coefficient (Wildman–Crippen LogP) is 2.38. The lowest BCUT2D eigenvalue weighted by Crippen LogP contribution is -2.18. The van der Waals surface area contributed by atoms with E-state index in [0.717, 1.165) is 20.6 Å². The second-order valence-electron chi connectivity index (χ2n) is 2.81. The van der Waals surface area contributed by atoms with Crippen LogP contribution in [0.1, 0.15) is 11.7 Å². The highest BCUT2D eigenvalue weighted by atomic mass is 35.5. The van der Waals surface area contributed by atoms with Gasteiger partial charge in [-0.3, -0.25) is 9.59 Å². The number of halogens is 1. The molecule has 0 aliphatic rings. The molecule has 0 saturated heterocycles. The van der Waals surface area contributed by atoms with Gasteiger partial charge in [-0.15, -0.1) is 0 Å². The maximum atomic E-state index is 11.4. The van der Waals surface area contributed by atoms with Gasteiger partial charge in [0.15, 0.2) is 0 Å². The number of fused-ring (bicyclic) bond motifs is 1. The number of nitrogens with zero attached hydrogens (tertiary/aromatic N) is 1. The fourth-order valence-electron chi connectivity index (χ4n) is 1.31. The van der Waals surface area contributed by atoms with Gasteiger partial charge < -0.3 is 0 Å². The summed E-state index contributed by atoms with van der Waals surface area (Å²) in [6.07, 6.45) is 0. The average Bonchev–Trinajstić information content (AvgIpc) is 2.42. The van der Waals surface area contributed by atoms with Crippen LogP contribution in [0.15, 0.2) is 23.0 Å². The van der Waals surface area contributed by atoms with Crippen molar-refractivity contribution in [1.82, 2.24) is 4.57 Å². The largest absolute Gasteiger partial charge is 0.315 e. The summed E-state index contributed by atoms with van der Waals surface area (Å²) >= 11 is 6.94. The van der Waals surface area contributed by atoms with E-state index < -0.39 is 0 Å². The van der Waals surface area contributed by atoms with Crippen LogP contribution in [0.3, 0.4) is 0 Å². The maximum Gasteiger partial charge on any atom is 0.315 e. The van der Waals surface area contributed by atoms with Gasteiger partial charge in [0.1, 0.15) is 0 Å². The van der Waals surface area contributed by atoms with Crippen LogP contribution in [0.2, 0.25) is 5.02 Å².